The van der Waals surface area contributed by atoms with Gasteiger partial charge in [-0.25, -0.2) is 0 Å². The summed E-state index contributed by atoms with van der Waals surface area (Å²) in [4.78, 5) is 12.8. The second-order valence-corrected chi connectivity index (χ2v) is 4.35. The van der Waals surface area contributed by atoms with E-state index in [0.717, 1.165) is 19.3 Å². The third-order valence-corrected chi connectivity index (χ3v) is 3.01. The standard InChI is InChI=1S/C11H18F3NO/c1-2-15(8-11(12,13)14)7-9-5-3-4-6-10(9)16/h9H,2-8H2,1H3. The fourth-order valence-corrected chi connectivity index (χ4v) is 2.12. The van der Waals surface area contributed by atoms with Crippen molar-refractivity contribution in [2.24, 2.45) is 5.92 Å². The Kier molecular flexibility index (Phi) is 4.77. The minimum Gasteiger partial charge on any atom is -0.299 e. The number of hydrogen-bond acceptors (Lipinski definition) is 2. The molecule has 1 unspecified atom stereocenters. The molecule has 0 aromatic rings. The zero-order valence-corrected chi connectivity index (χ0v) is 9.52. The van der Waals surface area contributed by atoms with Gasteiger partial charge in [-0.1, -0.05) is 13.3 Å². The Hall–Kier alpha value is -0.580. The van der Waals surface area contributed by atoms with Crippen LogP contribution < -0.4 is 0 Å². The first-order valence-corrected chi connectivity index (χ1v) is 5.74. The number of rotatable bonds is 4. The molecule has 0 spiro atoms. The maximum atomic E-state index is 12.2. The van der Waals surface area contributed by atoms with E-state index >= 15 is 0 Å². The molecule has 1 saturated carbocycles. The Morgan fingerprint density at radius 3 is 2.56 bits per heavy atom. The highest BCUT2D eigenvalue weighted by atomic mass is 19.4. The number of ketones is 1. The molecule has 0 N–H and O–H groups in total. The smallest absolute Gasteiger partial charge is 0.299 e. The van der Waals surface area contributed by atoms with Crippen LogP contribution in [0, 0.1) is 5.92 Å². The van der Waals surface area contributed by atoms with Gasteiger partial charge < -0.3 is 0 Å². The highest BCUT2D eigenvalue weighted by molar-refractivity contribution is 5.81. The normalized spacial score (nSPS) is 22.8. The van der Waals surface area contributed by atoms with Crippen molar-refractivity contribution in [3.8, 4) is 0 Å². The molecule has 0 aliphatic heterocycles. The number of Topliss-reactive ketones (excluding diaryl/α,β-unsaturated/α-hetero) is 1. The summed E-state index contributed by atoms with van der Waals surface area (Å²) in [6, 6.07) is 0. The lowest BCUT2D eigenvalue weighted by Crippen LogP contribution is -2.40. The summed E-state index contributed by atoms with van der Waals surface area (Å²) in [6.07, 6.45) is -1.05. The summed E-state index contributed by atoms with van der Waals surface area (Å²) in [5, 5.41) is 0. The predicted octanol–water partition coefficient (Wildman–Crippen LogP) is 2.63. The second-order valence-electron chi connectivity index (χ2n) is 4.35. The van der Waals surface area contributed by atoms with Crippen LogP contribution in [-0.2, 0) is 4.79 Å². The number of carbonyl (C=O) groups excluding carboxylic acids is 1. The first-order chi connectivity index (χ1) is 7.42. The largest absolute Gasteiger partial charge is 0.401 e. The van der Waals surface area contributed by atoms with Gasteiger partial charge in [0.2, 0.25) is 0 Å². The van der Waals surface area contributed by atoms with Gasteiger partial charge in [-0.2, -0.15) is 13.2 Å². The molecule has 0 bridgehead atoms. The van der Waals surface area contributed by atoms with E-state index in [4.69, 9.17) is 0 Å². The Morgan fingerprint density at radius 1 is 1.38 bits per heavy atom. The van der Waals surface area contributed by atoms with Gasteiger partial charge in [-0.15, -0.1) is 0 Å². The molecule has 0 heterocycles. The molecule has 0 radical (unpaired) electrons. The minimum absolute atomic E-state index is 0.131. The van der Waals surface area contributed by atoms with E-state index in [1.54, 1.807) is 6.92 Å². The maximum absolute atomic E-state index is 12.2. The lowest BCUT2D eigenvalue weighted by atomic mass is 9.87. The van der Waals surface area contributed by atoms with Crippen LogP contribution in [0.3, 0.4) is 0 Å². The molecule has 1 atom stereocenters. The third kappa shape index (κ3) is 4.51. The fourth-order valence-electron chi connectivity index (χ4n) is 2.12. The van der Waals surface area contributed by atoms with Crippen molar-refractivity contribution in [3.05, 3.63) is 0 Å². The van der Waals surface area contributed by atoms with Gasteiger partial charge in [0, 0.05) is 18.9 Å². The van der Waals surface area contributed by atoms with E-state index in [1.165, 1.54) is 4.90 Å². The molecule has 0 aromatic heterocycles. The highest BCUT2D eigenvalue weighted by Gasteiger charge is 2.32. The maximum Gasteiger partial charge on any atom is 0.401 e. The van der Waals surface area contributed by atoms with Crippen molar-refractivity contribution in [3.63, 3.8) is 0 Å². The minimum atomic E-state index is -4.17. The Balaban J connectivity index is 2.45. The third-order valence-electron chi connectivity index (χ3n) is 3.01. The fraction of sp³-hybridized carbons (Fsp3) is 0.909. The molecule has 0 aromatic carbocycles. The summed E-state index contributed by atoms with van der Waals surface area (Å²) in [7, 11) is 0. The molecule has 0 amide bonds. The van der Waals surface area contributed by atoms with E-state index in [0.29, 0.717) is 13.0 Å². The van der Waals surface area contributed by atoms with Gasteiger partial charge >= 0.3 is 6.18 Å². The summed E-state index contributed by atoms with van der Waals surface area (Å²) in [6.45, 7) is 1.38. The van der Waals surface area contributed by atoms with Crippen molar-refractivity contribution >= 4 is 5.78 Å². The van der Waals surface area contributed by atoms with Crippen LogP contribution in [0.1, 0.15) is 32.6 Å². The highest BCUT2D eigenvalue weighted by Crippen LogP contribution is 2.23. The molecule has 1 fully saturated rings. The van der Waals surface area contributed by atoms with Crippen molar-refractivity contribution in [2.75, 3.05) is 19.6 Å². The van der Waals surface area contributed by atoms with Gasteiger partial charge in [0.25, 0.3) is 0 Å². The number of carbonyl (C=O) groups is 1. The molecule has 94 valence electrons. The van der Waals surface area contributed by atoms with Gasteiger partial charge in [-0.05, 0) is 19.4 Å². The van der Waals surface area contributed by atoms with Gasteiger partial charge in [0.15, 0.2) is 0 Å². The average Bonchev–Trinajstić information content (AvgIpc) is 2.18. The zero-order valence-electron chi connectivity index (χ0n) is 9.52. The molecular formula is C11H18F3NO. The average molecular weight is 237 g/mol. The van der Waals surface area contributed by atoms with Crippen LogP contribution in [0.15, 0.2) is 0 Å². The Morgan fingerprint density at radius 2 is 2.06 bits per heavy atom. The second kappa shape index (κ2) is 5.66. The summed E-state index contributed by atoms with van der Waals surface area (Å²) in [5.41, 5.74) is 0. The lowest BCUT2D eigenvalue weighted by molar-refractivity contribution is -0.149. The quantitative estimate of drug-likeness (QED) is 0.749. The summed E-state index contributed by atoms with van der Waals surface area (Å²) in [5.74, 6) is -0.0528. The van der Waals surface area contributed by atoms with Crippen LogP contribution in [-0.4, -0.2) is 36.5 Å². The number of nitrogens with zero attached hydrogens (tertiary/aromatic N) is 1. The molecule has 5 heteroatoms. The van der Waals surface area contributed by atoms with Crippen LogP contribution in [0.2, 0.25) is 0 Å². The number of hydrogen-bond donors (Lipinski definition) is 0. The van der Waals surface area contributed by atoms with E-state index in [-0.39, 0.29) is 18.2 Å². The van der Waals surface area contributed by atoms with Crippen LogP contribution in [0.4, 0.5) is 13.2 Å². The molecule has 1 aliphatic carbocycles. The number of alkyl halides is 3. The number of halogens is 3. The zero-order chi connectivity index (χ0) is 12.2. The van der Waals surface area contributed by atoms with Crippen molar-refractivity contribution < 1.29 is 18.0 Å². The van der Waals surface area contributed by atoms with Crippen molar-refractivity contribution in [1.29, 1.82) is 0 Å². The lowest BCUT2D eigenvalue weighted by Gasteiger charge is -2.28. The van der Waals surface area contributed by atoms with E-state index in [2.05, 4.69) is 0 Å². The van der Waals surface area contributed by atoms with Gasteiger partial charge in [-0.3, -0.25) is 9.69 Å². The predicted molar refractivity (Wildman–Crippen MR) is 55.1 cm³/mol. The molecule has 0 saturated heterocycles. The Labute approximate surface area is 93.8 Å². The monoisotopic (exact) mass is 237 g/mol. The first kappa shape index (κ1) is 13.5. The summed E-state index contributed by atoms with van der Waals surface area (Å²) >= 11 is 0. The van der Waals surface area contributed by atoms with Crippen molar-refractivity contribution in [2.45, 2.75) is 38.8 Å². The van der Waals surface area contributed by atoms with E-state index < -0.39 is 12.7 Å². The van der Waals surface area contributed by atoms with Gasteiger partial charge in [0.05, 0.1) is 6.54 Å². The molecule has 16 heavy (non-hydrogen) atoms. The molecule has 2 nitrogen and oxygen atoms in total. The van der Waals surface area contributed by atoms with E-state index in [1.807, 2.05) is 0 Å². The summed E-state index contributed by atoms with van der Waals surface area (Å²) < 4.78 is 36.7. The van der Waals surface area contributed by atoms with Gasteiger partial charge in [0.1, 0.15) is 5.78 Å². The topological polar surface area (TPSA) is 20.3 Å². The van der Waals surface area contributed by atoms with Crippen LogP contribution in [0.25, 0.3) is 0 Å². The van der Waals surface area contributed by atoms with E-state index in [9.17, 15) is 18.0 Å². The first-order valence-electron chi connectivity index (χ1n) is 5.74. The molecular weight excluding hydrogens is 219 g/mol. The van der Waals surface area contributed by atoms with Crippen molar-refractivity contribution in [1.82, 2.24) is 4.90 Å². The Bertz CT molecular complexity index is 240. The SMILES string of the molecule is CCN(CC1CCCCC1=O)CC(F)(F)F. The van der Waals surface area contributed by atoms with Crippen LogP contribution in [0.5, 0.6) is 0 Å². The van der Waals surface area contributed by atoms with Crippen LogP contribution >= 0.6 is 0 Å². The molecule has 1 aliphatic rings. The molecule has 1 rings (SSSR count).